The Bertz CT molecular complexity index is 556. The summed E-state index contributed by atoms with van der Waals surface area (Å²) >= 11 is 0. The molecule has 0 bridgehead atoms. The van der Waals surface area contributed by atoms with Crippen molar-refractivity contribution in [2.24, 2.45) is 5.92 Å². The van der Waals surface area contributed by atoms with Gasteiger partial charge in [0.2, 0.25) is 10.0 Å². The maximum atomic E-state index is 11.8. The Kier molecular flexibility index (Phi) is 6.73. The van der Waals surface area contributed by atoms with Crippen molar-refractivity contribution in [3.05, 3.63) is 39.9 Å². The Morgan fingerprint density at radius 2 is 1.95 bits per heavy atom. The van der Waals surface area contributed by atoms with Crippen molar-refractivity contribution in [2.45, 2.75) is 25.5 Å². The number of aliphatic hydroxyl groups excluding tert-OH is 1. The van der Waals surface area contributed by atoms with Gasteiger partial charge >= 0.3 is 0 Å². The summed E-state index contributed by atoms with van der Waals surface area (Å²) in [7, 11) is -3.45. The number of benzene rings is 1. The second kappa shape index (κ2) is 8.06. The number of nitrogens with one attached hydrogen (secondary N) is 1. The summed E-state index contributed by atoms with van der Waals surface area (Å²) in [4.78, 5) is 9.98. The number of non-ortho nitro benzene ring substituents is 1. The number of nitrogens with zero attached hydrogens (tertiary/aromatic N) is 1. The van der Waals surface area contributed by atoms with Gasteiger partial charge in [-0.1, -0.05) is 19.1 Å². The summed E-state index contributed by atoms with van der Waals surface area (Å²) in [5.74, 6) is -0.0511. The van der Waals surface area contributed by atoms with Crippen LogP contribution in [0.3, 0.4) is 0 Å². The fourth-order valence-electron chi connectivity index (χ4n) is 1.75. The van der Waals surface area contributed by atoms with Crippen LogP contribution in [0.4, 0.5) is 5.69 Å². The number of hydrogen-bond donors (Lipinski definition) is 2. The quantitative estimate of drug-likeness (QED) is 0.407. The minimum absolute atomic E-state index is 0.0675. The predicted molar refractivity (Wildman–Crippen MR) is 79.2 cm³/mol. The summed E-state index contributed by atoms with van der Waals surface area (Å²) in [5, 5.41) is 19.4. The molecule has 0 fully saturated rings. The first-order valence-corrected chi connectivity index (χ1v) is 8.31. The molecule has 0 spiro atoms. The summed E-state index contributed by atoms with van der Waals surface area (Å²) < 4.78 is 26.2. The maximum Gasteiger partial charge on any atom is 0.269 e. The third kappa shape index (κ3) is 6.65. The summed E-state index contributed by atoms with van der Waals surface area (Å²) in [6, 6.07) is 5.44. The lowest BCUT2D eigenvalue weighted by Gasteiger charge is -2.09. The van der Waals surface area contributed by atoms with E-state index in [2.05, 4.69) is 4.72 Å². The molecule has 1 unspecified atom stereocenters. The van der Waals surface area contributed by atoms with Crippen LogP contribution >= 0.6 is 0 Å². The zero-order valence-electron chi connectivity index (χ0n) is 11.9. The fourth-order valence-corrected chi connectivity index (χ4v) is 2.94. The van der Waals surface area contributed by atoms with Gasteiger partial charge in [-0.2, -0.15) is 0 Å². The lowest BCUT2D eigenvalue weighted by molar-refractivity contribution is -0.384. The molecule has 8 heteroatoms. The molecule has 0 aliphatic carbocycles. The lowest BCUT2D eigenvalue weighted by atomic mass is 10.1. The highest BCUT2D eigenvalue weighted by molar-refractivity contribution is 7.88. The van der Waals surface area contributed by atoms with Gasteiger partial charge in [0.25, 0.3) is 5.69 Å². The molecule has 0 heterocycles. The van der Waals surface area contributed by atoms with E-state index < -0.39 is 14.9 Å². The average molecular weight is 316 g/mol. The lowest BCUT2D eigenvalue weighted by Crippen LogP contribution is -2.26. The molecular weight excluding hydrogens is 296 g/mol. The van der Waals surface area contributed by atoms with Crippen LogP contribution in [0.5, 0.6) is 0 Å². The van der Waals surface area contributed by atoms with E-state index in [4.69, 9.17) is 5.11 Å². The first kappa shape index (κ1) is 17.5. The molecule has 0 aliphatic rings. The molecule has 0 aromatic heterocycles. The van der Waals surface area contributed by atoms with E-state index in [0.717, 1.165) is 6.42 Å². The molecule has 1 atom stereocenters. The maximum absolute atomic E-state index is 11.8. The van der Waals surface area contributed by atoms with Crippen molar-refractivity contribution >= 4 is 15.7 Å². The van der Waals surface area contributed by atoms with Gasteiger partial charge in [0.15, 0.2) is 0 Å². The average Bonchev–Trinajstić information content (AvgIpc) is 2.43. The van der Waals surface area contributed by atoms with Gasteiger partial charge in [-0.15, -0.1) is 0 Å². The third-order valence-electron chi connectivity index (χ3n) is 3.01. The number of aliphatic hydroxyl groups is 1. The van der Waals surface area contributed by atoms with Gasteiger partial charge in [-0.05, 0) is 24.3 Å². The highest BCUT2D eigenvalue weighted by atomic mass is 32.2. The number of rotatable bonds is 9. The molecule has 21 heavy (non-hydrogen) atoms. The van der Waals surface area contributed by atoms with Gasteiger partial charge in [-0.3, -0.25) is 10.1 Å². The van der Waals surface area contributed by atoms with E-state index >= 15 is 0 Å². The predicted octanol–water partition coefficient (Wildman–Crippen LogP) is 1.42. The van der Waals surface area contributed by atoms with Crippen molar-refractivity contribution in [1.29, 1.82) is 0 Å². The smallest absolute Gasteiger partial charge is 0.269 e. The van der Waals surface area contributed by atoms with Gasteiger partial charge < -0.3 is 5.11 Å². The number of nitro groups is 1. The number of sulfonamides is 1. The third-order valence-corrected chi connectivity index (χ3v) is 4.37. The summed E-state index contributed by atoms with van der Waals surface area (Å²) in [6.45, 7) is 2.31. The highest BCUT2D eigenvalue weighted by Gasteiger charge is 2.12. The molecule has 1 aromatic rings. The van der Waals surface area contributed by atoms with E-state index in [0.29, 0.717) is 18.5 Å². The van der Waals surface area contributed by atoms with Crippen LogP contribution in [0.1, 0.15) is 25.3 Å². The molecule has 118 valence electrons. The normalized spacial score (nSPS) is 13.0. The van der Waals surface area contributed by atoms with Crippen LogP contribution in [-0.2, 0) is 15.8 Å². The first-order chi connectivity index (χ1) is 9.84. The molecule has 0 radical (unpaired) electrons. The van der Waals surface area contributed by atoms with E-state index in [1.807, 2.05) is 6.92 Å². The Labute approximate surface area is 124 Å². The molecule has 0 amide bonds. The van der Waals surface area contributed by atoms with Gasteiger partial charge in [0.1, 0.15) is 0 Å². The van der Waals surface area contributed by atoms with Crippen molar-refractivity contribution in [3.63, 3.8) is 0 Å². The molecule has 2 N–H and O–H groups in total. The highest BCUT2D eigenvalue weighted by Crippen LogP contribution is 2.13. The zero-order chi connectivity index (χ0) is 15.9. The molecular formula is C13H20N2O5S. The molecule has 0 saturated heterocycles. The van der Waals surface area contributed by atoms with Crippen LogP contribution in [0, 0.1) is 16.0 Å². The van der Waals surface area contributed by atoms with Crippen molar-refractivity contribution in [2.75, 3.05) is 13.2 Å². The molecule has 1 aromatic carbocycles. The van der Waals surface area contributed by atoms with E-state index in [1.54, 1.807) is 0 Å². The molecule has 0 aliphatic heterocycles. The Morgan fingerprint density at radius 3 is 2.48 bits per heavy atom. The standard InChI is InChI=1S/C13H20N2O5S/c1-11(9-16)3-2-8-14-21(19,20)10-12-4-6-13(7-5-12)15(17)18/h4-7,11,14,16H,2-3,8-10H2,1H3. The fraction of sp³-hybridized carbons (Fsp3) is 0.538. The number of hydrogen-bond acceptors (Lipinski definition) is 5. The second-order valence-corrected chi connectivity index (χ2v) is 6.81. The van der Waals surface area contributed by atoms with E-state index in [-0.39, 0.29) is 24.0 Å². The van der Waals surface area contributed by atoms with E-state index in [1.165, 1.54) is 24.3 Å². The van der Waals surface area contributed by atoms with Crippen LogP contribution < -0.4 is 4.72 Å². The topological polar surface area (TPSA) is 110 Å². The van der Waals surface area contributed by atoms with Gasteiger partial charge in [0.05, 0.1) is 10.7 Å². The first-order valence-electron chi connectivity index (χ1n) is 6.65. The minimum atomic E-state index is -3.45. The SMILES string of the molecule is CC(CO)CCCNS(=O)(=O)Cc1ccc([N+](=O)[O-])cc1. The molecule has 1 rings (SSSR count). The van der Waals surface area contributed by atoms with Crippen molar-refractivity contribution < 1.29 is 18.4 Å². The van der Waals surface area contributed by atoms with Crippen molar-refractivity contribution in [3.8, 4) is 0 Å². The van der Waals surface area contributed by atoms with Crippen LogP contribution in [0.2, 0.25) is 0 Å². The molecule has 7 nitrogen and oxygen atoms in total. The summed E-state index contributed by atoms with van der Waals surface area (Å²) in [6.07, 6.45) is 1.40. The largest absolute Gasteiger partial charge is 0.396 e. The van der Waals surface area contributed by atoms with E-state index in [9.17, 15) is 18.5 Å². The number of nitro benzene ring substituents is 1. The zero-order valence-corrected chi connectivity index (χ0v) is 12.7. The van der Waals surface area contributed by atoms with Crippen LogP contribution in [0.15, 0.2) is 24.3 Å². The minimum Gasteiger partial charge on any atom is -0.396 e. The second-order valence-electron chi connectivity index (χ2n) is 5.01. The van der Waals surface area contributed by atoms with Gasteiger partial charge in [-0.25, -0.2) is 13.1 Å². The Hall–Kier alpha value is -1.51. The Morgan fingerprint density at radius 1 is 1.33 bits per heavy atom. The van der Waals surface area contributed by atoms with Crippen LogP contribution in [-0.4, -0.2) is 31.6 Å². The summed E-state index contributed by atoms with van der Waals surface area (Å²) in [5.41, 5.74) is 0.430. The van der Waals surface area contributed by atoms with Gasteiger partial charge in [0, 0.05) is 25.3 Å². The van der Waals surface area contributed by atoms with Crippen LogP contribution in [0.25, 0.3) is 0 Å². The Balaban J connectivity index is 2.46. The molecule has 0 saturated carbocycles. The van der Waals surface area contributed by atoms with Crippen molar-refractivity contribution in [1.82, 2.24) is 4.72 Å². The monoisotopic (exact) mass is 316 g/mol.